The molecule has 0 amide bonds. The minimum Gasteiger partial charge on any atom is -0.481 e. The van der Waals surface area contributed by atoms with Crippen molar-refractivity contribution in [3.8, 4) is 0 Å². The van der Waals surface area contributed by atoms with Crippen molar-refractivity contribution in [1.82, 2.24) is 4.72 Å². The molecule has 0 saturated heterocycles. The SMILES string of the molecule is O=C(O)Cc1ccccc1CNS(=O)(=O)C1CCCC1. The van der Waals surface area contributed by atoms with E-state index in [0.29, 0.717) is 18.4 Å². The van der Waals surface area contributed by atoms with Gasteiger partial charge in [0, 0.05) is 6.54 Å². The molecule has 0 heterocycles. The lowest BCUT2D eigenvalue weighted by Gasteiger charge is -2.14. The Bertz CT molecular complexity index is 577. The minimum absolute atomic E-state index is 0.0959. The van der Waals surface area contributed by atoms with Crippen LogP contribution < -0.4 is 4.72 Å². The third-order valence-electron chi connectivity index (χ3n) is 3.66. The number of nitrogens with one attached hydrogen (secondary N) is 1. The maximum absolute atomic E-state index is 12.1. The van der Waals surface area contributed by atoms with Gasteiger partial charge >= 0.3 is 5.97 Å². The normalized spacial score (nSPS) is 16.4. The summed E-state index contributed by atoms with van der Waals surface area (Å²) in [5, 5.41) is 8.56. The molecule has 0 spiro atoms. The van der Waals surface area contributed by atoms with Crippen molar-refractivity contribution < 1.29 is 18.3 Å². The smallest absolute Gasteiger partial charge is 0.307 e. The molecule has 0 atom stereocenters. The predicted octanol–water partition coefficient (Wildman–Crippen LogP) is 1.68. The molecule has 110 valence electrons. The molecule has 0 radical (unpaired) electrons. The van der Waals surface area contributed by atoms with Crippen LogP contribution in [0.5, 0.6) is 0 Å². The van der Waals surface area contributed by atoms with E-state index in [1.54, 1.807) is 24.3 Å². The van der Waals surface area contributed by atoms with Gasteiger partial charge in [-0.25, -0.2) is 13.1 Å². The first-order chi connectivity index (χ1) is 9.49. The van der Waals surface area contributed by atoms with Crippen molar-refractivity contribution in [3.63, 3.8) is 0 Å². The minimum atomic E-state index is -3.30. The summed E-state index contributed by atoms with van der Waals surface area (Å²) in [7, 11) is -3.30. The lowest BCUT2D eigenvalue weighted by molar-refractivity contribution is -0.136. The van der Waals surface area contributed by atoms with Gasteiger partial charge in [0.2, 0.25) is 10.0 Å². The predicted molar refractivity (Wildman–Crippen MR) is 75.8 cm³/mol. The van der Waals surface area contributed by atoms with Crippen molar-refractivity contribution in [2.45, 2.75) is 43.9 Å². The molecular formula is C14H19NO4S. The Hall–Kier alpha value is -1.40. The van der Waals surface area contributed by atoms with Gasteiger partial charge in [0.1, 0.15) is 0 Å². The van der Waals surface area contributed by atoms with E-state index < -0.39 is 16.0 Å². The molecule has 1 aromatic rings. The highest BCUT2D eigenvalue weighted by atomic mass is 32.2. The van der Waals surface area contributed by atoms with Crippen LogP contribution in [0.25, 0.3) is 0 Å². The Morgan fingerprint density at radius 2 is 1.80 bits per heavy atom. The van der Waals surface area contributed by atoms with Crippen LogP contribution in [0.3, 0.4) is 0 Å². The molecule has 1 aromatic carbocycles. The maximum atomic E-state index is 12.1. The van der Waals surface area contributed by atoms with E-state index in [2.05, 4.69) is 4.72 Å². The van der Waals surface area contributed by atoms with Crippen LogP contribution in [-0.4, -0.2) is 24.7 Å². The number of benzene rings is 1. The number of sulfonamides is 1. The van der Waals surface area contributed by atoms with Gasteiger partial charge in [-0.2, -0.15) is 0 Å². The van der Waals surface area contributed by atoms with Crippen LogP contribution in [0.2, 0.25) is 0 Å². The molecule has 1 aliphatic carbocycles. The number of carboxylic acids is 1. The number of hydrogen-bond donors (Lipinski definition) is 2. The summed E-state index contributed by atoms with van der Waals surface area (Å²) in [6.07, 6.45) is 3.25. The van der Waals surface area contributed by atoms with Gasteiger partial charge in [-0.3, -0.25) is 4.79 Å². The second-order valence-electron chi connectivity index (χ2n) is 5.11. The van der Waals surface area contributed by atoms with Gasteiger partial charge < -0.3 is 5.11 Å². The number of carbonyl (C=O) groups is 1. The largest absolute Gasteiger partial charge is 0.481 e. The highest BCUT2D eigenvalue weighted by molar-refractivity contribution is 7.90. The van der Waals surface area contributed by atoms with Crippen LogP contribution in [0.15, 0.2) is 24.3 Å². The zero-order valence-electron chi connectivity index (χ0n) is 11.2. The fraction of sp³-hybridized carbons (Fsp3) is 0.500. The Labute approximate surface area is 119 Å². The summed E-state index contributed by atoms with van der Waals surface area (Å²) < 4.78 is 26.8. The fourth-order valence-corrected chi connectivity index (χ4v) is 4.11. The van der Waals surface area contributed by atoms with Crippen LogP contribution in [0, 0.1) is 0 Å². The molecule has 2 N–H and O–H groups in total. The molecular weight excluding hydrogens is 278 g/mol. The van der Waals surface area contributed by atoms with Crippen molar-refractivity contribution in [2.75, 3.05) is 0 Å². The first-order valence-electron chi connectivity index (χ1n) is 6.76. The standard InChI is InChI=1S/C14H19NO4S/c16-14(17)9-11-5-1-2-6-12(11)10-15-20(18,19)13-7-3-4-8-13/h1-2,5-6,13,15H,3-4,7-10H2,(H,16,17). The van der Waals surface area contributed by atoms with E-state index in [1.807, 2.05) is 0 Å². The van der Waals surface area contributed by atoms with Crippen molar-refractivity contribution in [1.29, 1.82) is 0 Å². The zero-order chi connectivity index (χ0) is 14.6. The quantitative estimate of drug-likeness (QED) is 0.836. The number of aliphatic carboxylic acids is 1. The number of hydrogen-bond acceptors (Lipinski definition) is 3. The Morgan fingerprint density at radius 3 is 2.40 bits per heavy atom. The average molecular weight is 297 g/mol. The van der Waals surface area contributed by atoms with Gasteiger partial charge in [0.05, 0.1) is 11.7 Å². The average Bonchev–Trinajstić information content (AvgIpc) is 2.92. The highest BCUT2D eigenvalue weighted by Gasteiger charge is 2.28. The molecule has 2 rings (SSSR count). The van der Waals surface area contributed by atoms with Crippen LogP contribution in [0.4, 0.5) is 0 Å². The van der Waals surface area contributed by atoms with E-state index >= 15 is 0 Å². The summed E-state index contributed by atoms with van der Waals surface area (Å²) in [6.45, 7) is 0.155. The first-order valence-corrected chi connectivity index (χ1v) is 8.31. The zero-order valence-corrected chi connectivity index (χ0v) is 12.0. The topological polar surface area (TPSA) is 83.5 Å². The molecule has 1 fully saturated rings. The molecule has 0 aliphatic heterocycles. The third kappa shape index (κ3) is 3.80. The second-order valence-corrected chi connectivity index (χ2v) is 7.16. The Balaban J connectivity index is 2.05. The lowest BCUT2D eigenvalue weighted by atomic mass is 10.1. The molecule has 0 aromatic heterocycles. The Morgan fingerprint density at radius 1 is 1.20 bits per heavy atom. The third-order valence-corrected chi connectivity index (χ3v) is 5.56. The van der Waals surface area contributed by atoms with Crippen molar-refractivity contribution >= 4 is 16.0 Å². The van der Waals surface area contributed by atoms with Crippen molar-refractivity contribution in [3.05, 3.63) is 35.4 Å². The molecule has 20 heavy (non-hydrogen) atoms. The van der Waals surface area contributed by atoms with Gasteiger partial charge in [-0.1, -0.05) is 37.1 Å². The molecule has 1 saturated carbocycles. The summed E-state index contributed by atoms with van der Waals surface area (Å²) in [4.78, 5) is 10.8. The Kier molecular flexibility index (Phi) is 4.77. The molecule has 6 heteroatoms. The summed E-state index contributed by atoms with van der Waals surface area (Å²) in [5.74, 6) is -0.920. The van der Waals surface area contributed by atoms with E-state index in [1.165, 1.54) is 0 Å². The molecule has 1 aliphatic rings. The van der Waals surface area contributed by atoms with Crippen LogP contribution in [-0.2, 0) is 27.8 Å². The van der Waals surface area contributed by atoms with E-state index in [0.717, 1.165) is 18.4 Å². The lowest BCUT2D eigenvalue weighted by Crippen LogP contribution is -2.32. The van der Waals surface area contributed by atoms with Gasteiger partial charge in [0.25, 0.3) is 0 Å². The summed E-state index contributed by atoms with van der Waals surface area (Å²) in [6, 6.07) is 7.01. The van der Waals surface area contributed by atoms with Crippen LogP contribution in [0.1, 0.15) is 36.8 Å². The van der Waals surface area contributed by atoms with Gasteiger partial charge in [-0.05, 0) is 24.0 Å². The monoisotopic (exact) mass is 297 g/mol. The van der Waals surface area contributed by atoms with E-state index in [-0.39, 0.29) is 18.2 Å². The molecule has 0 unspecified atom stereocenters. The van der Waals surface area contributed by atoms with Gasteiger partial charge in [-0.15, -0.1) is 0 Å². The molecule has 0 bridgehead atoms. The molecule has 5 nitrogen and oxygen atoms in total. The van der Waals surface area contributed by atoms with E-state index in [4.69, 9.17) is 5.11 Å². The van der Waals surface area contributed by atoms with E-state index in [9.17, 15) is 13.2 Å². The fourth-order valence-electron chi connectivity index (χ4n) is 2.56. The summed E-state index contributed by atoms with van der Waals surface area (Å²) >= 11 is 0. The maximum Gasteiger partial charge on any atom is 0.307 e. The number of carboxylic acid groups (broad SMARTS) is 1. The highest BCUT2D eigenvalue weighted by Crippen LogP contribution is 2.24. The van der Waals surface area contributed by atoms with Gasteiger partial charge in [0.15, 0.2) is 0 Å². The van der Waals surface area contributed by atoms with Crippen molar-refractivity contribution in [2.24, 2.45) is 0 Å². The number of rotatable bonds is 6. The second kappa shape index (κ2) is 6.37. The first kappa shape index (κ1) is 15.0. The summed E-state index contributed by atoms with van der Waals surface area (Å²) in [5.41, 5.74) is 1.37. The van der Waals surface area contributed by atoms with Crippen LogP contribution >= 0.6 is 0 Å².